The molecule has 1 aromatic carbocycles. The number of amides is 2. The number of aromatic nitrogens is 1. The number of aryl methyl sites for hydroxylation is 1. The third-order valence-corrected chi connectivity index (χ3v) is 12.3. The summed E-state index contributed by atoms with van der Waals surface area (Å²) in [5.41, 5.74) is 3.43. The molecule has 0 radical (unpaired) electrons. The van der Waals surface area contributed by atoms with Gasteiger partial charge in [0.2, 0.25) is 5.91 Å². The summed E-state index contributed by atoms with van der Waals surface area (Å²) in [6.07, 6.45) is 1.78. The van der Waals surface area contributed by atoms with Gasteiger partial charge in [-0.1, -0.05) is 27.7 Å². The normalized spacial score (nSPS) is 20.0. The molecule has 3 rings (SSSR count). The van der Waals surface area contributed by atoms with Crippen LogP contribution in [0.1, 0.15) is 69.1 Å². The number of hydrogen-bond donors (Lipinski definition) is 2. The molecule has 36 heavy (non-hydrogen) atoms. The van der Waals surface area contributed by atoms with Crippen molar-refractivity contribution in [1.29, 1.82) is 0 Å². The number of rotatable bonds is 7. The highest BCUT2D eigenvalue weighted by Crippen LogP contribution is 2.43. The second-order valence-corrected chi connectivity index (χ2v) is 16.3. The maximum absolute atomic E-state index is 13.1. The minimum Gasteiger partial charge on any atom is -0.415 e. The maximum atomic E-state index is 13.1. The molecule has 0 saturated heterocycles. The van der Waals surface area contributed by atoms with Gasteiger partial charge in [0.25, 0.3) is 5.91 Å². The first-order valence-electron chi connectivity index (χ1n) is 12.8. The van der Waals surface area contributed by atoms with Gasteiger partial charge in [0.15, 0.2) is 8.32 Å². The van der Waals surface area contributed by atoms with Crippen molar-refractivity contribution in [3.8, 4) is 0 Å². The second-order valence-electron chi connectivity index (χ2n) is 11.5. The van der Waals surface area contributed by atoms with Crippen LogP contribution < -0.4 is 15.5 Å². The zero-order chi connectivity index (χ0) is 26.8. The Balaban J connectivity index is 1.84. The molecule has 0 bridgehead atoms. The van der Waals surface area contributed by atoms with Crippen molar-refractivity contribution in [3.63, 3.8) is 0 Å². The van der Waals surface area contributed by atoms with Gasteiger partial charge in [-0.15, -0.1) is 0 Å². The summed E-state index contributed by atoms with van der Waals surface area (Å²) in [6, 6.07) is 9.44. The average molecular weight is 511 g/mol. The summed E-state index contributed by atoms with van der Waals surface area (Å²) in [6.45, 7) is 19.8. The van der Waals surface area contributed by atoms with E-state index in [1.54, 1.807) is 19.2 Å². The van der Waals surface area contributed by atoms with Gasteiger partial charge in [-0.25, -0.2) is 4.98 Å². The fraction of sp³-hybridized carbons (Fsp3) is 0.536. The molecule has 8 heteroatoms. The predicted octanol–water partition coefficient (Wildman–Crippen LogP) is 5.69. The van der Waals surface area contributed by atoms with E-state index in [1.165, 1.54) is 0 Å². The Kier molecular flexibility index (Phi) is 8.30. The number of pyridine rings is 1. The van der Waals surface area contributed by atoms with Crippen LogP contribution in [-0.2, 0) is 9.22 Å². The summed E-state index contributed by atoms with van der Waals surface area (Å²) >= 11 is 0. The van der Waals surface area contributed by atoms with Crippen molar-refractivity contribution >= 4 is 31.6 Å². The first-order chi connectivity index (χ1) is 16.7. The van der Waals surface area contributed by atoms with Gasteiger partial charge in [0, 0.05) is 42.9 Å². The van der Waals surface area contributed by atoms with Crippen LogP contribution in [0.25, 0.3) is 0 Å². The quantitative estimate of drug-likeness (QED) is 0.369. The first-order valence-corrected chi connectivity index (χ1v) is 15.7. The number of fused-ring (bicyclic) bond motifs is 1. The van der Waals surface area contributed by atoms with Gasteiger partial charge < -0.3 is 20.0 Å². The van der Waals surface area contributed by atoms with Crippen molar-refractivity contribution in [1.82, 2.24) is 10.3 Å². The lowest BCUT2D eigenvalue weighted by Gasteiger charge is -2.44. The van der Waals surface area contributed by atoms with E-state index in [1.807, 2.05) is 36.1 Å². The van der Waals surface area contributed by atoms with Crippen LogP contribution in [0, 0.1) is 12.8 Å². The van der Waals surface area contributed by atoms with Crippen LogP contribution in [0.2, 0.25) is 18.1 Å². The Morgan fingerprint density at radius 3 is 2.44 bits per heavy atom. The van der Waals surface area contributed by atoms with E-state index in [-0.39, 0.29) is 34.9 Å². The Morgan fingerprint density at radius 2 is 1.83 bits per heavy atom. The lowest BCUT2D eigenvalue weighted by atomic mass is 9.82. The van der Waals surface area contributed by atoms with E-state index in [0.29, 0.717) is 18.7 Å². The molecule has 3 atom stereocenters. The van der Waals surface area contributed by atoms with Crippen LogP contribution in [0.5, 0.6) is 0 Å². The smallest absolute Gasteiger partial charge is 0.251 e. The molecule has 0 fully saturated rings. The number of benzene rings is 1. The van der Waals surface area contributed by atoms with Crippen LogP contribution in [-0.4, -0.2) is 44.3 Å². The summed E-state index contributed by atoms with van der Waals surface area (Å²) in [4.78, 5) is 31.9. The second kappa shape index (κ2) is 10.7. The first kappa shape index (κ1) is 27.9. The number of nitrogens with one attached hydrogen (secondary N) is 2. The third kappa shape index (κ3) is 5.98. The molecule has 7 nitrogen and oxygen atoms in total. The molecule has 2 aromatic rings. The van der Waals surface area contributed by atoms with Gasteiger partial charge >= 0.3 is 0 Å². The monoisotopic (exact) mass is 510 g/mol. The summed E-state index contributed by atoms with van der Waals surface area (Å²) in [7, 11) is -1.86. The molecule has 1 aliphatic heterocycles. The highest BCUT2D eigenvalue weighted by molar-refractivity contribution is 6.74. The zero-order valence-corrected chi connectivity index (χ0v) is 24.2. The minimum atomic E-state index is -1.86. The summed E-state index contributed by atoms with van der Waals surface area (Å²) in [5.74, 6) is 0.714. The number of hydrogen-bond acceptors (Lipinski definition) is 5. The number of nitrogens with zero attached hydrogens (tertiary/aromatic N) is 2. The molecular formula is C28H42N4O3Si. The SMILES string of the molecule is CC(=O)N1c2ccc(C(=O)NCCO[Si](C)(C)C(C)(C)C)cc2[C@H](Nc2cc(C)ccn2)[C@@H](C)[C@@H]1C. The van der Waals surface area contributed by atoms with Crippen molar-refractivity contribution in [2.24, 2.45) is 5.92 Å². The van der Waals surface area contributed by atoms with E-state index in [9.17, 15) is 9.59 Å². The molecule has 2 amide bonds. The average Bonchev–Trinajstić information content (AvgIpc) is 2.78. The molecule has 2 N–H and O–H groups in total. The third-order valence-electron chi connectivity index (χ3n) is 7.79. The largest absolute Gasteiger partial charge is 0.415 e. The molecule has 0 spiro atoms. The summed E-state index contributed by atoms with van der Waals surface area (Å²) < 4.78 is 6.19. The van der Waals surface area contributed by atoms with E-state index in [0.717, 1.165) is 22.6 Å². The molecule has 1 aliphatic rings. The van der Waals surface area contributed by atoms with Crippen molar-refractivity contribution < 1.29 is 14.0 Å². The van der Waals surface area contributed by atoms with Gasteiger partial charge in [-0.05, 0) is 73.4 Å². The van der Waals surface area contributed by atoms with Crippen molar-refractivity contribution in [3.05, 3.63) is 53.2 Å². The Morgan fingerprint density at radius 1 is 1.14 bits per heavy atom. The zero-order valence-electron chi connectivity index (χ0n) is 23.2. The van der Waals surface area contributed by atoms with Gasteiger partial charge in [-0.3, -0.25) is 9.59 Å². The van der Waals surface area contributed by atoms with Crippen LogP contribution in [0.15, 0.2) is 36.5 Å². The van der Waals surface area contributed by atoms with Gasteiger partial charge in [0.1, 0.15) is 5.82 Å². The molecular weight excluding hydrogens is 468 g/mol. The van der Waals surface area contributed by atoms with E-state index in [2.05, 4.69) is 63.3 Å². The Bertz CT molecular complexity index is 1110. The van der Waals surface area contributed by atoms with Gasteiger partial charge in [0.05, 0.1) is 12.6 Å². The standard InChI is InChI=1S/C28H42N4O3Si/c1-18-12-13-29-25(16-18)31-26-19(2)20(3)32(21(4)33)24-11-10-22(17-23(24)26)27(34)30-14-15-35-36(8,9)28(5,6)7/h10-13,16-17,19-20,26H,14-15H2,1-9H3,(H,29,31)(H,30,34)/t19-,20-,26+/m0/s1. The molecule has 1 aromatic heterocycles. The lowest BCUT2D eigenvalue weighted by molar-refractivity contribution is -0.117. The summed E-state index contributed by atoms with van der Waals surface area (Å²) in [5, 5.41) is 6.70. The molecule has 2 heterocycles. The number of carbonyl (C=O) groups is 2. The van der Waals surface area contributed by atoms with E-state index in [4.69, 9.17) is 4.43 Å². The van der Waals surface area contributed by atoms with E-state index < -0.39 is 8.32 Å². The Labute approximate surface area is 217 Å². The highest BCUT2D eigenvalue weighted by atomic mass is 28.4. The van der Waals surface area contributed by atoms with E-state index >= 15 is 0 Å². The number of carbonyl (C=O) groups excluding carboxylic acids is 2. The molecule has 0 saturated carbocycles. The highest BCUT2D eigenvalue weighted by Gasteiger charge is 2.39. The Hall–Kier alpha value is -2.71. The van der Waals surface area contributed by atoms with Crippen LogP contribution in [0.4, 0.5) is 11.5 Å². The fourth-order valence-electron chi connectivity index (χ4n) is 4.41. The predicted molar refractivity (Wildman–Crippen MR) is 149 cm³/mol. The van der Waals surface area contributed by atoms with Crippen molar-refractivity contribution in [2.75, 3.05) is 23.4 Å². The van der Waals surface area contributed by atoms with Crippen LogP contribution >= 0.6 is 0 Å². The lowest BCUT2D eigenvalue weighted by Crippen LogP contribution is -2.48. The van der Waals surface area contributed by atoms with Gasteiger partial charge in [-0.2, -0.15) is 0 Å². The molecule has 196 valence electrons. The molecule has 0 unspecified atom stereocenters. The minimum absolute atomic E-state index is 0.00975. The topological polar surface area (TPSA) is 83.6 Å². The maximum Gasteiger partial charge on any atom is 0.251 e. The molecule has 0 aliphatic carbocycles. The van der Waals surface area contributed by atoms with Crippen LogP contribution in [0.3, 0.4) is 0 Å². The van der Waals surface area contributed by atoms with Crippen molar-refractivity contribution in [2.45, 2.75) is 78.7 Å². The fourth-order valence-corrected chi connectivity index (χ4v) is 5.46. The number of anilines is 2.